The van der Waals surface area contributed by atoms with E-state index in [1.54, 1.807) is 10.7 Å². The lowest BCUT2D eigenvalue weighted by atomic mass is 10.1. The van der Waals surface area contributed by atoms with Gasteiger partial charge in [0.15, 0.2) is 0 Å². The molecule has 1 heterocycles. The van der Waals surface area contributed by atoms with Crippen LogP contribution in [0.2, 0.25) is 5.02 Å². The Kier molecular flexibility index (Phi) is 3.77. The highest BCUT2D eigenvalue weighted by molar-refractivity contribution is 6.31. The second-order valence-electron chi connectivity index (χ2n) is 4.41. The van der Waals surface area contributed by atoms with E-state index in [0.29, 0.717) is 16.4 Å². The van der Waals surface area contributed by atoms with Gasteiger partial charge >= 0.3 is 0 Å². The molecule has 0 saturated carbocycles. The summed E-state index contributed by atoms with van der Waals surface area (Å²) in [5, 5.41) is 14.3. The zero-order valence-electron chi connectivity index (χ0n) is 10.9. The Balaban J connectivity index is 2.56. The first kappa shape index (κ1) is 13.4. The number of nitrogen functional groups attached to an aromatic ring is 1. The van der Waals surface area contributed by atoms with Gasteiger partial charge in [-0.2, -0.15) is 10.4 Å². The van der Waals surface area contributed by atoms with Crippen LogP contribution in [0.5, 0.6) is 0 Å². The standard InChI is InChI=1S/C14H15ClN4/c1-3-4-13-11(8-16)14(17)19(18-13)10-6-5-9(2)12(15)7-10/h5-7H,3-4,17H2,1-2H3. The van der Waals surface area contributed by atoms with Gasteiger partial charge < -0.3 is 5.73 Å². The molecule has 0 atom stereocenters. The largest absolute Gasteiger partial charge is 0.382 e. The fourth-order valence-corrected chi connectivity index (χ4v) is 2.10. The quantitative estimate of drug-likeness (QED) is 0.934. The number of anilines is 1. The van der Waals surface area contributed by atoms with Crippen LogP contribution < -0.4 is 5.73 Å². The average molecular weight is 275 g/mol. The van der Waals surface area contributed by atoms with E-state index in [9.17, 15) is 5.26 Å². The number of halogens is 1. The molecule has 0 bridgehead atoms. The lowest BCUT2D eigenvalue weighted by Gasteiger charge is -2.05. The number of benzene rings is 1. The second kappa shape index (κ2) is 5.33. The molecule has 19 heavy (non-hydrogen) atoms. The molecule has 2 rings (SSSR count). The van der Waals surface area contributed by atoms with Crippen molar-refractivity contribution in [3.8, 4) is 11.8 Å². The molecule has 0 radical (unpaired) electrons. The highest BCUT2D eigenvalue weighted by Crippen LogP contribution is 2.24. The van der Waals surface area contributed by atoms with Crippen molar-refractivity contribution >= 4 is 17.4 Å². The van der Waals surface area contributed by atoms with Crippen LogP contribution in [0.4, 0.5) is 5.82 Å². The molecular weight excluding hydrogens is 260 g/mol. The molecule has 2 N–H and O–H groups in total. The summed E-state index contributed by atoms with van der Waals surface area (Å²) in [6.07, 6.45) is 1.65. The number of nitrogens with zero attached hydrogens (tertiary/aromatic N) is 3. The van der Waals surface area contributed by atoms with Gasteiger partial charge in [-0.25, -0.2) is 4.68 Å². The zero-order chi connectivity index (χ0) is 14.0. The number of rotatable bonds is 3. The third kappa shape index (κ3) is 2.42. The van der Waals surface area contributed by atoms with Crippen molar-refractivity contribution in [3.63, 3.8) is 0 Å². The first-order chi connectivity index (χ1) is 9.08. The lowest BCUT2D eigenvalue weighted by Crippen LogP contribution is -2.02. The normalized spacial score (nSPS) is 10.4. The molecule has 0 aliphatic heterocycles. The van der Waals surface area contributed by atoms with Crippen LogP contribution in [0.25, 0.3) is 5.69 Å². The Bertz CT molecular complexity index is 652. The third-order valence-electron chi connectivity index (χ3n) is 2.99. The van der Waals surface area contributed by atoms with Gasteiger partial charge in [-0.05, 0) is 31.0 Å². The number of nitriles is 1. The molecule has 0 fully saturated rings. The van der Waals surface area contributed by atoms with E-state index in [1.165, 1.54) is 0 Å². The van der Waals surface area contributed by atoms with E-state index in [1.807, 2.05) is 26.0 Å². The molecule has 0 amide bonds. The maximum Gasteiger partial charge on any atom is 0.145 e. The van der Waals surface area contributed by atoms with E-state index < -0.39 is 0 Å². The Morgan fingerprint density at radius 3 is 2.79 bits per heavy atom. The SMILES string of the molecule is CCCc1nn(-c2ccc(C)c(Cl)c2)c(N)c1C#N. The zero-order valence-corrected chi connectivity index (χ0v) is 11.7. The van der Waals surface area contributed by atoms with Crippen LogP contribution in [-0.2, 0) is 6.42 Å². The van der Waals surface area contributed by atoms with Gasteiger partial charge in [-0.3, -0.25) is 0 Å². The van der Waals surface area contributed by atoms with E-state index in [2.05, 4.69) is 11.2 Å². The Morgan fingerprint density at radius 1 is 1.47 bits per heavy atom. The summed E-state index contributed by atoms with van der Waals surface area (Å²) in [7, 11) is 0. The van der Waals surface area contributed by atoms with Crippen LogP contribution in [0, 0.1) is 18.3 Å². The minimum Gasteiger partial charge on any atom is -0.382 e. The maximum absolute atomic E-state index is 9.18. The first-order valence-corrected chi connectivity index (χ1v) is 6.50. The highest BCUT2D eigenvalue weighted by Gasteiger charge is 2.16. The molecule has 0 spiro atoms. The number of aromatic nitrogens is 2. The second-order valence-corrected chi connectivity index (χ2v) is 4.82. The predicted octanol–water partition coefficient (Wildman–Crippen LogP) is 3.24. The van der Waals surface area contributed by atoms with Gasteiger partial charge in [-0.1, -0.05) is 31.0 Å². The molecule has 0 saturated heterocycles. The molecule has 5 heteroatoms. The van der Waals surface area contributed by atoms with Gasteiger partial charge in [0.05, 0.1) is 11.4 Å². The maximum atomic E-state index is 9.18. The molecule has 2 aromatic rings. The first-order valence-electron chi connectivity index (χ1n) is 6.12. The van der Waals surface area contributed by atoms with Crippen molar-refractivity contribution in [3.05, 3.63) is 40.0 Å². The van der Waals surface area contributed by atoms with Crippen molar-refractivity contribution in [2.75, 3.05) is 5.73 Å². The highest BCUT2D eigenvalue weighted by atomic mass is 35.5. The van der Waals surface area contributed by atoms with Crippen molar-refractivity contribution in [1.82, 2.24) is 9.78 Å². The smallest absolute Gasteiger partial charge is 0.145 e. The molecule has 1 aromatic heterocycles. The van der Waals surface area contributed by atoms with E-state index in [-0.39, 0.29) is 0 Å². The van der Waals surface area contributed by atoms with Crippen LogP contribution in [0.15, 0.2) is 18.2 Å². The Hall–Kier alpha value is -1.99. The predicted molar refractivity (Wildman–Crippen MR) is 76.4 cm³/mol. The molecule has 4 nitrogen and oxygen atoms in total. The third-order valence-corrected chi connectivity index (χ3v) is 3.40. The minimum absolute atomic E-state index is 0.367. The summed E-state index contributed by atoms with van der Waals surface area (Å²) in [4.78, 5) is 0. The Morgan fingerprint density at radius 2 is 2.21 bits per heavy atom. The summed E-state index contributed by atoms with van der Waals surface area (Å²) in [5.74, 6) is 0.367. The molecule has 98 valence electrons. The number of hydrogen-bond donors (Lipinski definition) is 1. The fourth-order valence-electron chi connectivity index (χ4n) is 1.92. The molecule has 0 unspecified atom stereocenters. The van der Waals surface area contributed by atoms with Crippen LogP contribution in [0.1, 0.15) is 30.2 Å². The van der Waals surface area contributed by atoms with Crippen molar-refractivity contribution in [2.24, 2.45) is 0 Å². The summed E-state index contributed by atoms with van der Waals surface area (Å²) in [6, 6.07) is 7.72. The van der Waals surface area contributed by atoms with Gasteiger partial charge in [0.25, 0.3) is 0 Å². The summed E-state index contributed by atoms with van der Waals surface area (Å²) in [6.45, 7) is 3.97. The van der Waals surface area contributed by atoms with Gasteiger partial charge in [0.2, 0.25) is 0 Å². The summed E-state index contributed by atoms with van der Waals surface area (Å²) in [5.41, 5.74) is 8.95. The van der Waals surface area contributed by atoms with Crippen LogP contribution >= 0.6 is 11.6 Å². The summed E-state index contributed by atoms with van der Waals surface area (Å²) < 4.78 is 1.58. The topological polar surface area (TPSA) is 67.6 Å². The molecule has 0 aliphatic carbocycles. The number of aryl methyl sites for hydroxylation is 2. The van der Waals surface area contributed by atoms with Crippen LogP contribution in [-0.4, -0.2) is 9.78 Å². The lowest BCUT2D eigenvalue weighted by molar-refractivity contribution is 0.810. The monoisotopic (exact) mass is 274 g/mol. The van der Waals surface area contributed by atoms with E-state index >= 15 is 0 Å². The van der Waals surface area contributed by atoms with Crippen molar-refractivity contribution in [2.45, 2.75) is 26.7 Å². The fraction of sp³-hybridized carbons (Fsp3) is 0.286. The Labute approximate surface area is 117 Å². The van der Waals surface area contributed by atoms with Crippen molar-refractivity contribution < 1.29 is 0 Å². The molecule has 1 aromatic carbocycles. The molecular formula is C14H15ClN4. The number of hydrogen-bond acceptors (Lipinski definition) is 3. The van der Waals surface area contributed by atoms with Crippen LogP contribution in [0.3, 0.4) is 0 Å². The van der Waals surface area contributed by atoms with E-state index in [0.717, 1.165) is 29.8 Å². The van der Waals surface area contributed by atoms with Gasteiger partial charge in [0.1, 0.15) is 17.5 Å². The van der Waals surface area contributed by atoms with E-state index in [4.69, 9.17) is 17.3 Å². The average Bonchev–Trinajstić information content (AvgIpc) is 2.70. The van der Waals surface area contributed by atoms with Gasteiger partial charge in [0, 0.05) is 5.02 Å². The minimum atomic E-state index is 0.367. The number of nitrogens with two attached hydrogens (primary N) is 1. The molecule has 0 aliphatic rings. The van der Waals surface area contributed by atoms with Crippen molar-refractivity contribution in [1.29, 1.82) is 5.26 Å². The summed E-state index contributed by atoms with van der Waals surface area (Å²) >= 11 is 6.11. The van der Waals surface area contributed by atoms with Gasteiger partial charge in [-0.15, -0.1) is 0 Å².